The minimum absolute atomic E-state index is 0.00129. The van der Waals surface area contributed by atoms with Gasteiger partial charge in [0.2, 0.25) is 0 Å². The number of hydrogen-bond acceptors (Lipinski definition) is 4. The fourth-order valence-corrected chi connectivity index (χ4v) is 3.88. The van der Waals surface area contributed by atoms with Crippen LogP contribution in [-0.4, -0.2) is 30.9 Å². The summed E-state index contributed by atoms with van der Waals surface area (Å²) in [7, 11) is 1.63. The summed E-state index contributed by atoms with van der Waals surface area (Å²) < 4.78 is 26.4. The number of esters is 1. The molecule has 3 aromatic rings. The third-order valence-corrected chi connectivity index (χ3v) is 5.58. The van der Waals surface area contributed by atoms with Crippen molar-refractivity contribution in [2.75, 3.05) is 25.6 Å². The lowest BCUT2D eigenvalue weighted by Crippen LogP contribution is -2.23. The van der Waals surface area contributed by atoms with E-state index in [1.165, 1.54) is 12.1 Å². The molecule has 8 heteroatoms. The number of carbonyl (C=O) groups is 1. The van der Waals surface area contributed by atoms with Crippen molar-refractivity contribution in [3.8, 4) is 0 Å². The van der Waals surface area contributed by atoms with E-state index in [-0.39, 0.29) is 17.7 Å². The molecule has 0 unspecified atom stereocenters. The Balaban J connectivity index is 2.17. The highest BCUT2D eigenvalue weighted by Crippen LogP contribution is 2.34. The predicted molar refractivity (Wildman–Crippen MR) is 125 cm³/mol. The van der Waals surface area contributed by atoms with Gasteiger partial charge in [-0.2, -0.15) is 0 Å². The molecule has 1 heterocycles. The van der Waals surface area contributed by atoms with E-state index < -0.39 is 17.8 Å². The average Bonchev–Trinajstić information content (AvgIpc) is 3.21. The van der Waals surface area contributed by atoms with E-state index in [9.17, 15) is 9.18 Å². The molecule has 2 atom stereocenters. The van der Waals surface area contributed by atoms with Crippen molar-refractivity contribution >= 4 is 34.9 Å². The number of methoxy groups -OCH3 is 1. The Morgan fingerprint density at radius 1 is 1.16 bits per heavy atom. The molecule has 0 fully saturated rings. The van der Waals surface area contributed by atoms with Crippen LogP contribution in [0.3, 0.4) is 0 Å². The fourth-order valence-electron chi connectivity index (χ4n) is 3.57. The van der Waals surface area contributed by atoms with Crippen LogP contribution in [0.15, 0.2) is 54.7 Å². The van der Waals surface area contributed by atoms with Gasteiger partial charge in [-0.1, -0.05) is 35.3 Å². The van der Waals surface area contributed by atoms with Crippen molar-refractivity contribution in [3.63, 3.8) is 0 Å². The maximum Gasteiger partial charge on any atom is 0.340 e. The Bertz CT molecular complexity index is 1070. The quantitative estimate of drug-likeness (QED) is 0.355. The molecule has 5 nitrogen and oxygen atoms in total. The number of rotatable bonds is 9. The van der Waals surface area contributed by atoms with Crippen LogP contribution < -0.4 is 5.32 Å². The fraction of sp³-hybridized carbons (Fsp3) is 0.292. The van der Waals surface area contributed by atoms with Gasteiger partial charge < -0.3 is 19.4 Å². The van der Waals surface area contributed by atoms with Gasteiger partial charge in [0, 0.05) is 24.0 Å². The van der Waals surface area contributed by atoms with Gasteiger partial charge in [0.1, 0.15) is 5.82 Å². The summed E-state index contributed by atoms with van der Waals surface area (Å²) in [5, 5.41) is 3.98. The summed E-state index contributed by atoms with van der Waals surface area (Å²) in [6.07, 6.45) is 1.84. The Morgan fingerprint density at radius 3 is 2.50 bits per heavy atom. The first-order chi connectivity index (χ1) is 15.3. The third kappa shape index (κ3) is 5.44. The van der Waals surface area contributed by atoms with Gasteiger partial charge in [-0.25, -0.2) is 9.18 Å². The van der Waals surface area contributed by atoms with Crippen molar-refractivity contribution in [2.45, 2.75) is 25.9 Å². The highest BCUT2D eigenvalue weighted by molar-refractivity contribution is 6.31. The number of nitrogens with zero attached hydrogens (tertiary/aromatic N) is 1. The van der Waals surface area contributed by atoms with Crippen molar-refractivity contribution < 1.29 is 18.7 Å². The summed E-state index contributed by atoms with van der Waals surface area (Å²) in [5.74, 6) is -0.937. The minimum atomic E-state index is -0.510. The molecule has 1 aromatic heterocycles. The maximum atomic E-state index is 13.7. The highest BCUT2D eigenvalue weighted by Gasteiger charge is 2.28. The lowest BCUT2D eigenvalue weighted by atomic mass is 9.99. The lowest BCUT2D eigenvalue weighted by Gasteiger charge is -2.26. The molecule has 0 aliphatic heterocycles. The zero-order chi connectivity index (χ0) is 23.3. The van der Waals surface area contributed by atoms with Gasteiger partial charge in [-0.3, -0.25) is 0 Å². The van der Waals surface area contributed by atoms with E-state index in [0.717, 1.165) is 5.56 Å². The topological polar surface area (TPSA) is 52.5 Å². The predicted octanol–water partition coefficient (Wildman–Crippen LogP) is 6.52. The van der Waals surface area contributed by atoms with Crippen LogP contribution in [-0.2, 0) is 9.47 Å². The smallest absolute Gasteiger partial charge is 0.340 e. The van der Waals surface area contributed by atoms with Gasteiger partial charge in [0.25, 0.3) is 0 Å². The van der Waals surface area contributed by atoms with Crippen LogP contribution in [0.1, 0.15) is 47.5 Å². The molecule has 1 N–H and O–H groups in total. The lowest BCUT2D eigenvalue weighted by molar-refractivity contribution is 0.0524. The monoisotopic (exact) mass is 478 g/mol. The van der Waals surface area contributed by atoms with Crippen LogP contribution in [0.2, 0.25) is 10.0 Å². The number of ether oxygens (including phenoxy) is 2. The first-order valence-corrected chi connectivity index (χ1v) is 10.9. The molecular formula is C24H25Cl2FN2O3. The number of nitrogens with one attached hydrogen (secondary N) is 1. The molecule has 0 radical (unpaired) electrons. The van der Waals surface area contributed by atoms with Gasteiger partial charge in [-0.05, 0) is 55.8 Å². The van der Waals surface area contributed by atoms with Crippen LogP contribution in [0, 0.1) is 5.82 Å². The van der Waals surface area contributed by atoms with E-state index >= 15 is 0 Å². The van der Waals surface area contributed by atoms with E-state index in [2.05, 4.69) is 5.32 Å². The first-order valence-electron chi connectivity index (χ1n) is 10.2. The van der Waals surface area contributed by atoms with Gasteiger partial charge in [-0.15, -0.1) is 0 Å². The van der Waals surface area contributed by atoms with Crippen LogP contribution in [0.4, 0.5) is 10.1 Å². The molecule has 0 saturated carbocycles. The molecule has 0 saturated heterocycles. The molecule has 0 aliphatic rings. The third-order valence-electron chi connectivity index (χ3n) is 5.04. The number of anilines is 1. The number of hydrogen-bond donors (Lipinski definition) is 1. The standard InChI is InChI=1S/C24H25Cl2FN2O3/c1-4-32-24(30)19-11-12-29(15(2)14-31-3)23(19)22(16-5-7-17(25)8-6-16)28-18-9-10-21(27)20(26)13-18/h5-13,15,22,28H,4,14H2,1-3H3/t15-,22-/m1/s1. The second kappa shape index (κ2) is 10.9. The van der Waals surface area contributed by atoms with Crippen molar-refractivity contribution in [2.24, 2.45) is 0 Å². The second-order valence-corrected chi connectivity index (χ2v) is 8.15. The molecule has 2 aromatic carbocycles. The Labute approximate surface area is 197 Å². The minimum Gasteiger partial charge on any atom is -0.462 e. The molecule has 0 amide bonds. The summed E-state index contributed by atoms with van der Waals surface area (Å²) >= 11 is 12.1. The molecule has 0 spiro atoms. The molecule has 32 heavy (non-hydrogen) atoms. The summed E-state index contributed by atoms with van der Waals surface area (Å²) in [6, 6.07) is 12.9. The Hall–Kier alpha value is -2.54. The number of aromatic nitrogens is 1. The summed E-state index contributed by atoms with van der Waals surface area (Å²) in [4.78, 5) is 12.8. The van der Waals surface area contributed by atoms with Crippen molar-refractivity contribution in [1.82, 2.24) is 4.57 Å². The van der Waals surface area contributed by atoms with Crippen molar-refractivity contribution in [3.05, 3.63) is 87.4 Å². The number of benzene rings is 2. The zero-order valence-corrected chi connectivity index (χ0v) is 19.6. The number of halogens is 3. The normalized spacial score (nSPS) is 12.9. The van der Waals surface area contributed by atoms with E-state index in [1.54, 1.807) is 38.3 Å². The average molecular weight is 479 g/mol. The van der Waals surface area contributed by atoms with Gasteiger partial charge >= 0.3 is 5.97 Å². The van der Waals surface area contributed by atoms with Crippen LogP contribution >= 0.6 is 23.2 Å². The summed E-state index contributed by atoms with van der Waals surface area (Å²) in [5.41, 5.74) is 2.56. The van der Waals surface area contributed by atoms with E-state index in [4.69, 9.17) is 32.7 Å². The highest BCUT2D eigenvalue weighted by atomic mass is 35.5. The molecule has 3 rings (SSSR count). The zero-order valence-electron chi connectivity index (χ0n) is 18.1. The molecule has 170 valence electrons. The van der Waals surface area contributed by atoms with Crippen LogP contribution in [0.5, 0.6) is 0 Å². The van der Waals surface area contributed by atoms with Crippen LogP contribution in [0.25, 0.3) is 0 Å². The molecule has 0 aliphatic carbocycles. The molecular weight excluding hydrogens is 454 g/mol. The van der Waals surface area contributed by atoms with Gasteiger partial charge in [0.05, 0.1) is 41.6 Å². The SMILES string of the molecule is CCOC(=O)c1ccn([C@H](C)COC)c1[C@H](Nc1ccc(F)c(Cl)c1)c1ccc(Cl)cc1. The van der Waals surface area contributed by atoms with Crippen molar-refractivity contribution in [1.29, 1.82) is 0 Å². The summed E-state index contributed by atoms with van der Waals surface area (Å²) in [6.45, 7) is 4.45. The van der Waals surface area contributed by atoms with Gasteiger partial charge in [0.15, 0.2) is 0 Å². The maximum absolute atomic E-state index is 13.7. The largest absolute Gasteiger partial charge is 0.462 e. The molecule has 0 bridgehead atoms. The first kappa shape index (κ1) is 24.1. The number of carbonyl (C=O) groups excluding carboxylic acids is 1. The second-order valence-electron chi connectivity index (χ2n) is 7.30. The van der Waals surface area contributed by atoms with E-state index in [1.807, 2.05) is 29.8 Å². The Kier molecular flexibility index (Phi) is 8.18. The van der Waals surface area contributed by atoms with E-state index in [0.29, 0.717) is 28.6 Å². The Morgan fingerprint density at radius 2 is 1.88 bits per heavy atom.